The van der Waals surface area contributed by atoms with E-state index in [9.17, 15) is 0 Å². The molecule has 4 heteroatoms. The molecule has 0 saturated carbocycles. The summed E-state index contributed by atoms with van der Waals surface area (Å²) in [7, 11) is 0. The summed E-state index contributed by atoms with van der Waals surface area (Å²) in [5.74, 6) is 1.58. The Balaban J connectivity index is 1.05. The molecule has 0 amide bonds. The first-order valence-corrected chi connectivity index (χ1v) is 18.7. The van der Waals surface area contributed by atoms with Crippen LogP contribution in [0.4, 0.5) is 0 Å². The average Bonchev–Trinajstić information content (AvgIpc) is 3.65. The van der Waals surface area contributed by atoms with Crippen molar-refractivity contribution in [1.82, 2.24) is 5.32 Å². The van der Waals surface area contributed by atoms with E-state index in [2.05, 4.69) is 181 Å². The van der Waals surface area contributed by atoms with Crippen molar-refractivity contribution in [1.29, 1.82) is 0 Å². The first kappa shape index (κ1) is 31.2. The van der Waals surface area contributed by atoms with Crippen LogP contribution in [-0.4, -0.2) is 11.7 Å². The Morgan fingerprint density at radius 2 is 0.927 bits per heavy atom. The number of fused-ring (bicyclic) bond motifs is 6. The molecule has 0 fully saturated rings. The van der Waals surface area contributed by atoms with E-state index in [1.165, 1.54) is 27.1 Å². The maximum absolute atomic E-state index is 6.29. The molecule has 1 aliphatic heterocycles. The van der Waals surface area contributed by atoms with Crippen LogP contribution in [0.15, 0.2) is 202 Å². The third-order valence-electron chi connectivity index (χ3n) is 10.9. The molecule has 55 heavy (non-hydrogen) atoms. The number of hydrogen-bond donors (Lipinski definition) is 1. The van der Waals surface area contributed by atoms with Gasteiger partial charge in [0.2, 0.25) is 0 Å². The highest BCUT2D eigenvalue weighted by molar-refractivity contribution is 6.18. The Bertz CT molecular complexity index is 3190. The fraction of sp³-hybridized carbons (Fsp3) is 0.0196. The van der Waals surface area contributed by atoms with E-state index in [0.29, 0.717) is 0 Å². The molecule has 1 N–H and O–H groups in total. The van der Waals surface area contributed by atoms with Gasteiger partial charge in [-0.05, 0) is 78.8 Å². The molecule has 1 aliphatic rings. The molecule has 0 radical (unpaired) electrons. The van der Waals surface area contributed by atoms with Gasteiger partial charge in [0.1, 0.15) is 22.8 Å². The van der Waals surface area contributed by atoms with Crippen LogP contribution in [0.1, 0.15) is 22.9 Å². The summed E-state index contributed by atoms with van der Waals surface area (Å²) >= 11 is 0. The van der Waals surface area contributed by atoms with Crippen molar-refractivity contribution in [2.75, 3.05) is 0 Å². The molecule has 2 heterocycles. The average molecular weight is 704 g/mol. The van der Waals surface area contributed by atoms with Gasteiger partial charge in [0.15, 0.2) is 6.17 Å². The summed E-state index contributed by atoms with van der Waals surface area (Å²) in [6, 6.07) is 66.5. The van der Waals surface area contributed by atoms with Crippen LogP contribution in [0.2, 0.25) is 0 Å². The van der Waals surface area contributed by atoms with Gasteiger partial charge in [0.25, 0.3) is 0 Å². The zero-order valence-corrected chi connectivity index (χ0v) is 29.8. The van der Waals surface area contributed by atoms with Crippen molar-refractivity contribution >= 4 is 65.9 Å². The Labute approximate surface area is 317 Å². The number of nitrogens with one attached hydrogen (secondary N) is 1. The second-order valence-electron chi connectivity index (χ2n) is 14.2. The van der Waals surface area contributed by atoms with E-state index in [4.69, 9.17) is 14.4 Å². The van der Waals surface area contributed by atoms with Gasteiger partial charge < -0.3 is 9.73 Å². The summed E-state index contributed by atoms with van der Waals surface area (Å²) in [6.45, 7) is 0. The first-order chi connectivity index (χ1) is 27.2. The Kier molecular flexibility index (Phi) is 7.20. The van der Waals surface area contributed by atoms with Crippen LogP contribution < -0.4 is 5.32 Å². The van der Waals surface area contributed by atoms with E-state index >= 15 is 0 Å². The summed E-state index contributed by atoms with van der Waals surface area (Å²) in [5, 5.41) is 13.0. The number of aliphatic imine (C=N–C) groups is 2. The van der Waals surface area contributed by atoms with Crippen LogP contribution in [0.3, 0.4) is 0 Å². The van der Waals surface area contributed by atoms with E-state index in [1.54, 1.807) is 0 Å². The number of benzene rings is 9. The maximum Gasteiger partial charge on any atom is 0.170 e. The Morgan fingerprint density at radius 3 is 1.73 bits per heavy atom. The van der Waals surface area contributed by atoms with Crippen molar-refractivity contribution in [2.24, 2.45) is 9.98 Å². The zero-order chi connectivity index (χ0) is 36.3. The van der Waals surface area contributed by atoms with Gasteiger partial charge in [-0.25, -0.2) is 9.98 Å². The highest BCUT2D eigenvalue weighted by Crippen LogP contribution is 2.41. The molecular weight excluding hydrogens is 671 g/mol. The van der Waals surface area contributed by atoms with Crippen LogP contribution in [0, 0.1) is 0 Å². The summed E-state index contributed by atoms with van der Waals surface area (Å²) in [4.78, 5) is 10.7. The lowest BCUT2D eigenvalue weighted by Crippen LogP contribution is -2.36. The van der Waals surface area contributed by atoms with Crippen molar-refractivity contribution < 1.29 is 4.42 Å². The number of rotatable bonds is 5. The van der Waals surface area contributed by atoms with Crippen molar-refractivity contribution in [3.63, 3.8) is 0 Å². The molecule has 1 atom stereocenters. The number of furan rings is 1. The fourth-order valence-corrected chi connectivity index (χ4v) is 8.20. The van der Waals surface area contributed by atoms with Gasteiger partial charge >= 0.3 is 0 Å². The van der Waals surface area contributed by atoms with Crippen molar-refractivity contribution in [2.45, 2.75) is 6.17 Å². The summed E-state index contributed by atoms with van der Waals surface area (Å²) < 4.78 is 6.29. The largest absolute Gasteiger partial charge is 0.456 e. The maximum atomic E-state index is 6.29. The van der Waals surface area contributed by atoms with E-state index < -0.39 is 6.17 Å². The monoisotopic (exact) mass is 703 g/mol. The molecule has 0 aliphatic carbocycles. The quantitative estimate of drug-likeness (QED) is 0.194. The molecule has 0 bridgehead atoms. The Morgan fingerprint density at radius 1 is 0.382 bits per heavy atom. The highest BCUT2D eigenvalue weighted by Gasteiger charge is 2.23. The minimum absolute atomic E-state index is 0.470. The van der Waals surface area contributed by atoms with Crippen LogP contribution in [0.5, 0.6) is 0 Å². The van der Waals surface area contributed by atoms with Gasteiger partial charge in [-0.2, -0.15) is 0 Å². The number of nitrogens with zero attached hydrogens (tertiary/aromatic N) is 2. The molecule has 1 unspecified atom stereocenters. The number of hydrogen-bond acceptors (Lipinski definition) is 4. The summed E-state index contributed by atoms with van der Waals surface area (Å²) in [6.07, 6.45) is -0.470. The minimum Gasteiger partial charge on any atom is -0.456 e. The van der Waals surface area contributed by atoms with Crippen LogP contribution >= 0.6 is 0 Å². The molecule has 11 rings (SSSR count). The lowest BCUT2D eigenvalue weighted by molar-refractivity contribution is 0.669. The molecule has 0 spiro atoms. The third-order valence-corrected chi connectivity index (χ3v) is 10.9. The standard InChI is InChI=1S/C51H33N3O/c1-3-12-36-30-38(28-24-32(36)10-1)34-22-26-35(27-23-34)49-52-50(39-29-25-33-11-2-4-13-37(33)31-39)54-51(53-49)44-19-8-15-40-41(16-7-17-42(40)44)43-18-9-21-47-48(43)45-14-5-6-20-46(45)55-47/h1-31,51H,(H,52,53,54). The van der Waals surface area contributed by atoms with E-state index in [1.807, 2.05) is 12.1 Å². The molecule has 9 aromatic carbocycles. The lowest BCUT2D eigenvalue weighted by Gasteiger charge is -2.24. The molecular formula is C51H33N3O. The van der Waals surface area contributed by atoms with Crippen molar-refractivity contribution in [3.8, 4) is 22.3 Å². The van der Waals surface area contributed by atoms with Crippen molar-refractivity contribution in [3.05, 3.63) is 205 Å². The van der Waals surface area contributed by atoms with E-state index in [-0.39, 0.29) is 0 Å². The van der Waals surface area contributed by atoms with Gasteiger partial charge in [0.05, 0.1) is 0 Å². The summed E-state index contributed by atoms with van der Waals surface area (Å²) in [5.41, 5.74) is 9.49. The molecule has 10 aromatic rings. The van der Waals surface area contributed by atoms with Gasteiger partial charge in [-0.15, -0.1) is 0 Å². The second-order valence-corrected chi connectivity index (χ2v) is 14.2. The molecule has 0 saturated heterocycles. The van der Waals surface area contributed by atoms with Crippen LogP contribution in [-0.2, 0) is 0 Å². The highest BCUT2D eigenvalue weighted by atomic mass is 16.3. The SMILES string of the molecule is c1ccc2cc(C3=NC(c4cccc5c(-c6cccc7oc8ccccc8c67)cccc45)N=C(c4ccc(-c5ccc6ccccc6c5)cc4)N3)ccc2c1. The second kappa shape index (κ2) is 12.7. The predicted octanol–water partition coefficient (Wildman–Crippen LogP) is 12.9. The van der Waals surface area contributed by atoms with Gasteiger partial charge in [-0.3, -0.25) is 0 Å². The number of amidine groups is 2. The zero-order valence-electron chi connectivity index (χ0n) is 29.8. The van der Waals surface area contributed by atoms with Gasteiger partial charge in [-0.1, -0.05) is 164 Å². The molecule has 4 nitrogen and oxygen atoms in total. The van der Waals surface area contributed by atoms with E-state index in [0.717, 1.165) is 77.8 Å². The third kappa shape index (κ3) is 5.38. The molecule has 258 valence electrons. The van der Waals surface area contributed by atoms with Crippen LogP contribution in [0.25, 0.3) is 76.5 Å². The minimum atomic E-state index is -0.470. The Hall–Kier alpha value is -7.30. The molecule has 1 aromatic heterocycles. The lowest BCUT2D eigenvalue weighted by atomic mass is 9.92. The fourth-order valence-electron chi connectivity index (χ4n) is 8.20. The van der Waals surface area contributed by atoms with Gasteiger partial charge in [0, 0.05) is 27.5 Å². The first-order valence-electron chi connectivity index (χ1n) is 18.7. The number of para-hydroxylation sites is 1. The predicted molar refractivity (Wildman–Crippen MR) is 229 cm³/mol. The normalized spacial score (nSPS) is 14.4. The topological polar surface area (TPSA) is 49.9 Å². The smallest absolute Gasteiger partial charge is 0.170 e.